The van der Waals surface area contributed by atoms with Crippen LogP contribution in [0.1, 0.15) is 56.2 Å². The van der Waals surface area contributed by atoms with E-state index in [-0.39, 0.29) is 24.8 Å². The highest BCUT2D eigenvalue weighted by Gasteiger charge is 2.34. The van der Waals surface area contributed by atoms with E-state index in [0.717, 1.165) is 34.5 Å². The Balaban J connectivity index is 2.10. The fourth-order valence-corrected chi connectivity index (χ4v) is 6.03. The molecule has 0 heterocycles. The third kappa shape index (κ3) is 9.21. The number of nitrogens with one attached hydrogen (secondary N) is 1. The van der Waals surface area contributed by atoms with Crippen molar-refractivity contribution in [1.29, 1.82) is 0 Å². The zero-order valence-electron chi connectivity index (χ0n) is 24.5. The number of unbranched alkanes of at least 4 members (excludes halogenated alkanes) is 1. The van der Waals surface area contributed by atoms with Crippen LogP contribution in [0.2, 0.25) is 10.0 Å². The van der Waals surface area contributed by atoms with E-state index in [0.29, 0.717) is 27.8 Å². The summed E-state index contributed by atoms with van der Waals surface area (Å²) in [4.78, 5) is 29.4. The summed E-state index contributed by atoms with van der Waals surface area (Å²) in [6.45, 7) is 5.92. The van der Waals surface area contributed by atoms with Crippen LogP contribution in [-0.2, 0) is 32.6 Å². The van der Waals surface area contributed by atoms with E-state index in [1.54, 1.807) is 30.3 Å². The molecule has 0 spiro atoms. The molecular weight excluding hydrogens is 593 g/mol. The number of sulfonamides is 1. The first-order chi connectivity index (χ1) is 19.9. The summed E-state index contributed by atoms with van der Waals surface area (Å²) in [6.07, 6.45) is 2.99. The van der Waals surface area contributed by atoms with Crippen LogP contribution in [0.3, 0.4) is 0 Å². The third-order valence-electron chi connectivity index (χ3n) is 6.96. The quantitative estimate of drug-likeness (QED) is 0.207. The molecule has 3 aromatic rings. The first-order valence-electron chi connectivity index (χ1n) is 14.0. The summed E-state index contributed by atoms with van der Waals surface area (Å²) >= 11 is 12.7. The molecule has 0 unspecified atom stereocenters. The molecule has 1 N–H and O–H groups in total. The molecule has 3 rings (SSSR count). The lowest BCUT2D eigenvalue weighted by molar-refractivity contribution is -0.140. The number of amides is 2. The van der Waals surface area contributed by atoms with Gasteiger partial charge in [0.15, 0.2) is 0 Å². The Bertz CT molecular complexity index is 1470. The van der Waals surface area contributed by atoms with Gasteiger partial charge in [0.25, 0.3) is 0 Å². The molecule has 0 aliphatic carbocycles. The molecule has 0 saturated carbocycles. The maximum absolute atomic E-state index is 14.3. The van der Waals surface area contributed by atoms with Crippen molar-refractivity contribution < 1.29 is 18.0 Å². The normalized spacial score (nSPS) is 12.2. The predicted molar refractivity (Wildman–Crippen MR) is 172 cm³/mol. The zero-order valence-corrected chi connectivity index (χ0v) is 26.8. The van der Waals surface area contributed by atoms with Crippen molar-refractivity contribution >= 4 is 50.7 Å². The van der Waals surface area contributed by atoms with E-state index in [9.17, 15) is 18.0 Å². The Morgan fingerprint density at radius 2 is 1.62 bits per heavy atom. The van der Waals surface area contributed by atoms with Gasteiger partial charge in [0.1, 0.15) is 12.6 Å². The lowest BCUT2D eigenvalue weighted by atomic mass is 10.0. The van der Waals surface area contributed by atoms with Gasteiger partial charge in [-0.05, 0) is 47.2 Å². The topological polar surface area (TPSA) is 86.8 Å². The summed E-state index contributed by atoms with van der Waals surface area (Å²) in [5, 5.41) is 3.75. The van der Waals surface area contributed by atoms with E-state index in [2.05, 4.69) is 5.32 Å². The Hall–Kier alpha value is -3.07. The van der Waals surface area contributed by atoms with Gasteiger partial charge in [-0.2, -0.15) is 0 Å². The number of carbonyl (C=O) groups is 2. The van der Waals surface area contributed by atoms with Crippen molar-refractivity contribution in [2.45, 2.75) is 58.5 Å². The number of benzene rings is 3. The number of rotatable bonds is 14. The van der Waals surface area contributed by atoms with E-state index in [1.165, 1.54) is 4.90 Å². The first kappa shape index (κ1) is 33.4. The average Bonchev–Trinajstić information content (AvgIpc) is 2.94. The minimum Gasteiger partial charge on any atom is -0.354 e. The van der Waals surface area contributed by atoms with Gasteiger partial charge in [0.2, 0.25) is 21.8 Å². The molecule has 1 atom stereocenters. The molecule has 0 fully saturated rings. The second kappa shape index (κ2) is 15.4. The van der Waals surface area contributed by atoms with E-state index >= 15 is 0 Å². The molecule has 0 aliphatic rings. The largest absolute Gasteiger partial charge is 0.354 e. The predicted octanol–water partition coefficient (Wildman–Crippen LogP) is 6.44. The molecule has 7 nitrogen and oxygen atoms in total. The summed E-state index contributed by atoms with van der Waals surface area (Å²) in [5.74, 6) is -0.837. The van der Waals surface area contributed by atoms with Crippen LogP contribution < -0.4 is 9.62 Å². The second-order valence-electron chi connectivity index (χ2n) is 10.6. The highest BCUT2D eigenvalue weighted by molar-refractivity contribution is 7.92. The molecule has 0 aliphatic heterocycles. The minimum atomic E-state index is -3.87. The van der Waals surface area contributed by atoms with Crippen LogP contribution in [0, 0.1) is 0 Å². The van der Waals surface area contributed by atoms with Crippen LogP contribution in [0.25, 0.3) is 0 Å². The van der Waals surface area contributed by atoms with Gasteiger partial charge in [-0.25, -0.2) is 8.42 Å². The van der Waals surface area contributed by atoms with Crippen molar-refractivity contribution in [3.8, 4) is 0 Å². The molecule has 0 radical (unpaired) electrons. The van der Waals surface area contributed by atoms with Gasteiger partial charge >= 0.3 is 0 Å². The van der Waals surface area contributed by atoms with Gasteiger partial charge in [0, 0.05) is 29.6 Å². The van der Waals surface area contributed by atoms with E-state index < -0.39 is 28.5 Å². The third-order valence-corrected chi connectivity index (χ3v) is 8.68. The van der Waals surface area contributed by atoms with Crippen LogP contribution >= 0.6 is 23.2 Å². The first-order valence-corrected chi connectivity index (χ1v) is 16.6. The summed E-state index contributed by atoms with van der Waals surface area (Å²) in [5.41, 5.74) is 2.67. The standard InChI is InChI=1S/C32H39Cl2N3O4S/c1-5-6-18-35-32(39)30(19-24-12-8-7-9-13-24)36(21-25-16-17-26(33)20-28(25)34)31(38)22-37(42(4,40)41)29-15-11-10-14-27(29)23(2)3/h7-17,20,23,30H,5-6,18-19,21-22H2,1-4H3,(H,35,39)/t30-/m0/s1. The van der Waals surface area contributed by atoms with Crippen LogP contribution in [0.5, 0.6) is 0 Å². The molecule has 10 heteroatoms. The van der Waals surface area contributed by atoms with Crippen molar-refractivity contribution in [3.05, 3.63) is 99.5 Å². The monoisotopic (exact) mass is 631 g/mol. The summed E-state index contributed by atoms with van der Waals surface area (Å²) in [6, 6.07) is 20.6. The van der Waals surface area contributed by atoms with E-state index in [4.69, 9.17) is 23.2 Å². The maximum atomic E-state index is 14.3. The molecule has 3 aromatic carbocycles. The maximum Gasteiger partial charge on any atom is 0.244 e. The van der Waals surface area contributed by atoms with E-state index in [1.807, 2.05) is 63.2 Å². The molecule has 2 amide bonds. The summed E-state index contributed by atoms with van der Waals surface area (Å²) in [7, 11) is -3.87. The fourth-order valence-electron chi connectivity index (χ4n) is 4.69. The number of hydrogen-bond donors (Lipinski definition) is 1. The number of hydrogen-bond acceptors (Lipinski definition) is 4. The summed E-state index contributed by atoms with van der Waals surface area (Å²) < 4.78 is 27.4. The van der Waals surface area contributed by atoms with Crippen LogP contribution in [0.15, 0.2) is 72.8 Å². The van der Waals surface area contributed by atoms with Gasteiger partial charge in [-0.1, -0.05) is 105 Å². The molecule has 0 bridgehead atoms. The minimum absolute atomic E-state index is 0.0136. The van der Waals surface area contributed by atoms with Crippen molar-refractivity contribution in [2.75, 3.05) is 23.7 Å². The lowest BCUT2D eigenvalue weighted by Crippen LogP contribution is -2.53. The lowest BCUT2D eigenvalue weighted by Gasteiger charge is -2.34. The second-order valence-corrected chi connectivity index (χ2v) is 13.3. The Morgan fingerprint density at radius 3 is 2.24 bits per heavy atom. The number of halogens is 2. The molecular formula is C32H39Cl2N3O4S. The highest BCUT2D eigenvalue weighted by Crippen LogP contribution is 2.30. The van der Waals surface area contributed by atoms with Gasteiger partial charge in [-0.15, -0.1) is 0 Å². The zero-order chi connectivity index (χ0) is 30.9. The van der Waals surface area contributed by atoms with Gasteiger partial charge in [-0.3, -0.25) is 13.9 Å². The van der Waals surface area contributed by atoms with Crippen molar-refractivity contribution in [3.63, 3.8) is 0 Å². The molecule has 0 saturated heterocycles. The highest BCUT2D eigenvalue weighted by atomic mass is 35.5. The average molecular weight is 633 g/mol. The smallest absolute Gasteiger partial charge is 0.244 e. The van der Waals surface area contributed by atoms with Crippen molar-refractivity contribution in [1.82, 2.24) is 10.2 Å². The number of carbonyl (C=O) groups excluding carboxylic acids is 2. The Morgan fingerprint density at radius 1 is 0.952 bits per heavy atom. The number of anilines is 1. The molecule has 42 heavy (non-hydrogen) atoms. The molecule has 226 valence electrons. The van der Waals surface area contributed by atoms with Gasteiger partial charge < -0.3 is 10.2 Å². The SMILES string of the molecule is CCCCNC(=O)[C@H](Cc1ccccc1)N(Cc1ccc(Cl)cc1Cl)C(=O)CN(c1ccccc1C(C)C)S(C)(=O)=O. The number of nitrogens with zero attached hydrogens (tertiary/aromatic N) is 2. The Kier molecular flexibility index (Phi) is 12.3. The molecule has 0 aromatic heterocycles. The van der Waals surface area contributed by atoms with Crippen LogP contribution in [0.4, 0.5) is 5.69 Å². The van der Waals surface area contributed by atoms with Crippen molar-refractivity contribution in [2.24, 2.45) is 0 Å². The van der Waals surface area contributed by atoms with Gasteiger partial charge in [0.05, 0.1) is 11.9 Å². The number of para-hydroxylation sites is 1. The Labute approximate surface area is 259 Å². The fraction of sp³-hybridized carbons (Fsp3) is 0.375. The van der Waals surface area contributed by atoms with Crippen LogP contribution in [-0.4, -0.2) is 50.5 Å².